The van der Waals surface area contributed by atoms with Crippen molar-refractivity contribution in [1.29, 1.82) is 5.26 Å². The van der Waals surface area contributed by atoms with Gasteiger partial charge in [-0.1, -0.05) is 0 Å². The smallest absolute Gasteiger partial charge is 0.253 e. The number of hydrogen-bond donors (Lipinski definition) is 0. The van der Waals surface area contributed by atoms with Crippen molar-refractivity contribution in [2.45, 2.75) is 6.42 Å². The quantitative estimate of drug-likeness (QED) is 0.856. The van der Waals surface area contributed by atoms with Gasteiger partial charge in [0.25, 0.3) is 5.91 Å². The molecule has 1 aromatic carbocycles. The third-order valence-corrected chi connectivity index (χ3v) is 2.72. The van der Waals surface area contributed by atoms with Gasteiger partial charge in [-0.15, -0.1) is 0 Å². The third-order valence-electron chi connectivity index (χ3n) is 2.07. The first kappa shape index (κ1) is 12.7. The van der Waals surface area contributed by atoms with Crippen LogP contribution in [0.4, 0.5) is 4.39 Å². The second kappa shape index (κ2) is 5.61. The Balaban J connectivity index is 2.80. The lowest BCUT2D eigenvalue weighted by Crippen LogP contribution is -2.27. The molecule has 0 aliphatic heterocycles. The van der Waals surface area contributed by atoms with Crippen LogP contribution in [0.25, 0.3) is 0 Å². The van der Waals surface area contributed by atoms with Gasteiger partial charge in [0.1, 0.15) is 5.82 Å². The maximum atomic E-state index is 13.2. The second-order valence-electron chi connectivity index (χ2n) is 3.26. The minimum atomic E-state index is -0.473. The van der Waals surface area contributed by atoms with E-state index in [-0.39, 0.29) is 17.9 Å². The van der Waals surface area contributed by atoms with Gasteiger partial charge in [0.15, 0.2) is 0 Å². The van der Waals surface area contributed by atoms with Crippen molar-refractivity contribution >= 4 is 21.8 Å². The monoisotopic (exact) mass is 284 g/mol. The molecule has 0 unspecified atom stereocenters. The van der Waals surface area contributed by atoms with Gasteiger partial charge in [-0.2, -0.15) is 5.26 Å². The van der Waals surface area contributed by atoms with Crippen molar-refractivity contribution in [2.75, 3.05) is 13.6 Å². The lowest BCUT2D eigenvalue weighted by atomic mass is 10.2. The van der Waals surface area contributed by atoms with Crippen LogP contribution < -0.4 is 0 Å². The third kappa shape index (κ3) is 3.04. The highest BCUT2D eigenvalue weighted by Crippen LogP contribution is 2.17. The standard InChI is InChI=1S/C11H10BrFN2O/c1-15(6-2-5-14)11(16)8-3-4-9(12)10(13)7-8/h3-4,7H,2,6H2,1H3. The Morgan fingerprint density at radius 3 is 2.88 bits per heavy atom. The fraction of sp³-hybridized carbons (Fsp3) is 0.273. The molecule has 0 fully saturated rings. The van der Waals surface area contributed by atoms with Gasteiger partial charge in [0.05, 0.1) is 17.0 Å². The molecule has 0 spiro atoms. The van der Waals surface area contributed by atoms with E-state index >= 15 is 0 Å². The zero-order valence-electron chi connectivity index (χ0n) is 8.70. The van der Waals surface area contributed by atoms with E-state index in [1.54, 1.807) is 13.1 Å². The van der Waals surface area contributed by atoms with E-state index in [9.17, 15) is 9.18 Å². The molecule has 0 heterocycles. The summed E-state index contributed by atoms with van der Waals surface area (Å²) in [6, 6.07) is 6.15. The molecule has 0 bridgehead atoms. The minimum Gasteiger partial charge on any atom is -0.341 e. The highest BCUT2D eigenvalue weighted by molar-refractivity contribution is 9.10. The zero-order valence-corrected chi connectivity index (χ0v) is 10.3. The summed E-state index contributed by atoms with van der Waals surface area (Å²) in [6.07, 6.45) is 0.265. The van der Waals surface area contributed by atoms with Crippen LogP contribution in [0.2, 0.25) is 0 Å². The zero-order chi connectivity index (χ0) is 12.1. The summed E-state index contributed by atoms with van der Waals surface area (Å²) in [5, 5.41) is 8.39. The molecule has 0 radical (unpaired) electrons. The Labute approximate surface area is 102 Å². The van der Waals surface area contributed by atoms with Crippen molar-refractivity contribution in [3.8, 4) is 6.07 Å². The SMILES string of the molecule is CN(CCC#N)C(=O)c1ccc(Br)c(F)c1. The lowest BCUT2D eigenvalue weighted by Gasteiger charge is -2.15. The first-order valence-corrected chi connectivity index (χ1v) is 5.43. The largest absolute Gasteiger partial charge is 0.341 e. The molecular weight excluding hydrogens is 275 g/mol. The lowest BCUT2D eigenvalue weighted by molar-refractivity contribution is 0.0797. The molecule has 1 amide bonds. The number of carbonyl (C=O) groups excluding carboxylic acids is 1. The van der Waals surface area contributed by atoms with Crippen LogP contribution in [0, 0.1) is 17.1 Å². The van der Waals surface area contributed by atoms with Crippen LogP contribution in [0.15, 0.2) is 22.7 Å². The minimum absolute atomic E-state index is 0.265. The van der Waals surface area contributed by atoms with Crippen LogP contribution in [0.5, 0.6) is 0 Å². The molecule has 0 saturated heterocycles. The molecule has 5 heteroatoms. The summed E-state index contributed by atoms with van der Waals surface area (Å²) in [4.78, 5) is 13.1. The summed E-state index contributed by atoms with van der Waals surface area (Å²) in [6.45, 7) is 0.340. The molecular formula is C11H10BrFN2O. The molecule has 84 valence electrons. The van der Waals surface area contributed by atoms with Crippen LogP contribution >= 0.6 is 15.9 Å². The predicted octanol–water partition coefficient (Wildman–Crippen LogP) is 2.57. The second-order valence-corrected chi connectivity index (χ2v) is 4.12. The molecule has 0 saturated carbocycles. The highest BCUT2D eigenvalue weighted by atomic mass is 79.9. The maximum absolute atomic E-state index is 13.2. The number of amides is 1. The maximum Gasteiger partial charge on any atom is 0.253 e. The van der Waals surface area contributed by atoms with Gasteiger partial charge in [0, 0.05) is 19.2 Å². The van der Waals surface area contributed by atoms with Gasteiger partial charge in [0.2, 0.25) is 0 Å². The van der Waals surface area contributed by atoms with E-state index in [0.29, 0.717) is 11.0 Å². The van der Waals surface area contributed by atoms with Crippen LogP contribution in [0.3, 0.4) is 0 Å². The Morgan fingerprint density at radius 1 is 1.62 bits per heavy atom. The fourth-order valence-corrected chi connectivity index (χ4v) is 1.42. The average molecular weight is 285 g/mol. The van der Waals surface area contributed by atoms with Gasteiger partial charge < -0.3 is 4.90 Å². The molecule has 1 aromatic rings. The molecule has 16 heavy (non-hydrogen) atoms. The Kier molecular flexibility index (Phi) is 4.44. The van der Waals surface area contributed by atoms with E-state index in [0.717, 1.165) is 0 Å². The summed E-state index contributed by atoms with van der Waals surface area (Å²) < 4.78 is 13.5. The average Bonchev–Trinajstić information content (AvgIpc) is 2.28. The van der Waals surface area contributed by atoms with E-state index in [1.807, 2.05) is 6.07 Å². The topological polar surface area (TPSA) is 44.1 Å². The summed E-state index contributed by atoms with van der Waals surface area (Å²) >= 11 is 3.01. The normalized spacial score (nSPS) is 9.62. The molecule has 1 rings (SSSR count). The van der Waals surface area contributed by atoms with E-state index in [2.05, 4.69) is 15.9 Å². The summed E-state index contributed by atoms with van der Waals surface area (Å²) in [5.41, 5.74) is 0.279. The van der Waals surface area contributed by atoms with Gasteiger partial charge in [-0.25, -0.2) is 4.39 Å². The van der Waals surface area contributed by atoms with Crippen molar-refractivity contribution in [3.63, 3.8) is 0 Å². The number of nitriles is 1. The number of halogens is 2. The highest BCUT2D eigenvalue weighted by Gasteiger charge is 2.12. The number of hydrogen-bond acceptors (Lipinski definition) is 2. The summed E-state index contributed by atoms with van der Waals surface area (Å²) in [5.74, 6) is -0.763. The number of carbonyl (C=O) groups is 1. The van der Waals surface area contributed by atoms with Crippen LogP contribution in [-0.4, -0.2) is 24.4 Å². The Hall–Kier alpha value is -1.41. The molecule has 0 aliphatic rings. The molecule has 0 atom stereocenters. The number of nitrogens with zero attached hydrogens (tertiary/aromatic N) is 2. The van der Waals surface area contributed by atoms with E-state index in [1.165, 1.54) is 17.0 Å². The fourth-order valence-electron chi connectivity index (χ4n) is 1.17. The van der Waals surface area contributed by atoms with Crippen molar-refractivity contribution in [3.05, 3.63) is 34.1 Å². The summed E-state index contributed by atoms with van der Waals surface area (Å²) in [7, 11) is 1.58. The predicted molar refractivity (Wildman–Crippen MR) is 61.3 cm³/mol. The van der Waals surface area contributed by atoms with E-state index in [4.69, 9.17) is 5.26 Å². The Morgan fingerprint density at radius 2 is 2.31 bits per heavy atom. The van der Waals surface area contributed by atoms with Gasteiger partial charge >= 0.3 is 0 Å². The van der Waals surface area contributed by atoms with Crippen LogP contribution in [0.1, 0.15) is 16.8 Å². The number of benzene rings is 1. The van der Waals surface area contributed by atoms with E-state index < -0.39 is 5.82 Å². The molecule has 3 nitrogen and oxygen atoms in total. The molecule has 0 aromatic heterocycles. The Bertz CT molecular complexity index is 442. The van der Waals surface area contributed by atoms with Crippen molar-refractivity contribution in [2.24, 2.45) is 0 Å². The van der Waals surface area contributed by atoms with Crippen LogP contribution in [-0.2, 0) is 0 Å². The molecule has 0 aliphatic carbocycles. The number of rotatable bonds is 3. The van der Waals surface area contributed by atoms with Crippen molar-refractivity contribution < 1.29 is 9.18 Å². The van der Waals surface area contributed by atoms with Gasteiger partial charge in [-0.3, -0.25) is 4.79 Å². The van der Waals surface area contributed by atoms with Gasteiger partial charge in [-0.05, 0) is 34.1 Å². The molecule has 0 N–H and O–H groups in total. The van der Waals surface area contributed by atoms with Crippen molar-refractivity contribution in [1.82, 2.24) is 4.90 Å². The first-order chi connectivity index (χ1) is 7.56. The first-order valence-electron chi connectivity index (χ1n) is 4.63.